The summed E-state index contributed by atoms with van der Waals surface area (Å²) < 4.78 is 34.3. The van der Waals surface area contributed by atoms with E-state index in [4.69, 9.17) is 15.5 Å². The number of benzene rings is 3. The molecule has 7 rings (SSSR count). The summed E-state index contributed by atoms with van der Waals surface area (Å²) in [6, 6.07) is 29.9. The van der Waals surface area contributed by atoms with Crippen molar-refractivity contribution in [1.82, 2.24) is 19.5 Å². The van der Waals surface area contributed by atoms with Crippen LogP contribution in [0.15, 0.2) is 79.0 Å². The Balaban J connectivity index is 0.000000191. The average Bonchev–Trinajstić information content (AvgIpc) is 3.61. The number of thiophene rings is 1. The number of hydrogen-bond acceptors (Lipinski definition) is 4. The molecule has 0 aliphatic heterocycles. The van der Waals surface area contributed by atoms with Gasteiger partial charge in [0.2, 0.25) is 0 Å². The molecule has 0 saturated carbocycles. The molecule has 0 bridgehead atoms. The van der Waals surface area contributed by atoms with Crippen LogP contribution in [0.4, 0.5) is 0 Å². The summed E-state index contributed by atoms with van der Waals surface area (Å²) >= 11 is 1.73. The number of fused-ring (bicyclic) bond motifs is 4. The molecule has 0 unspecified atom stereocenters. The second kappa shape index (κ2) is 13.7. The molecule has 7 heteroatoms. The molecule has 46 heavy (non-hydrogen) atoms. The maximum absolute atomic E-state index is 8.48. The quantitative estimate of drug-likeness (QED) is 0.128. The zero-order chi connectivity index (χ0) is 35.3. The summed E-state index contributed by atoms with van der Waals surface area (Å²) in [7, 11) is -1.61. The third-order valence-electron chi connectivity index (χ3n) is 7.97. The number of aryl methyl sites for hydroxylation is 3. The van der Waals surface area contributed by atoms with Gasteiger partial charge in [0.15, 0.2) is 0 Å². The summed E-state index contributed by atoms with van der Waals surface area (Å²) in [5, 5.41) is 3.63. The Morgan fingerprint density at radius 1 is 1.00 bits per heavy atom. The fraction of sp³-hybridized carbons (Fsp3) is 0.256. The zero-order valence-corrected chi connectivity index (χ0v) is 31.5. The largest absolute Gasteiger partial charge is 0.364 e. The second-order valence-electron chi connectivity index (χ2n) is 12.5. The van der Waals surface area contributed by atoms with Gasteiger partial charge < -0.3 is 9.55 Å². The molecule has 0 spiro atoms. The van der Waals surface area contributed by atoms with E-state index in [1.54, 1.807) is 23.5 Å². The maximum atomic E-state index is 8.48. The monoisotopic (exact) mass is 821 g/mol. The van der Waals surface area contributed by atoms with Crippen LogP contribution in [0.2, 0.25) is 19.6 Å². The minimum atomic E-state index is -2.13. The summed E-state index contributed by atoms with van der Waals surface area (Å²) in [5.41, 5.74) is 7.04. The van der Waals surface area contributed by atoms with Crippen molar-refractivity contribution in [2.75, 3.05) is 0 Å². The molecule has 0 N–H and O–H groups in total. The molecule has 0 fully saturated rings. The number of hydrogen-bond donors (Lipinski definition) is 0. The molecule has 0 saturated heterocycles. The van der Waals surface area contributed by atoms with Gasteiger partial charge in [-0.1, -0.05) is 81.1 Å². The minimum Gasteiger partial charge on any atom is -0.364 e. The summed E-state index contributed by atoms with van der Waals surface area (Å²) in [6.45, 7) is 13.5. The van der Waals surface area contributed by atoms with Crippen LogP contribution < -0.4 is 5.19 Å². The third kappa shape index (κ3) is 6.65. The minimum absolute atomic E-state index is 0. The molecule has 0 amide bonds. The Morgan fingerprint density at radius 2 is 1.80 bits per heavy atom. The van der Waals surface area contributed by atoms with Crippen molar-refractivity contribution in [2.24, 2.45) is 0 Å². The molecule has 237 valence electrons. The first kappa shape index (κ1) is 28.7. The van der Waals surface area contributed by atoms with Crippen molar-refractivity contribution < 1.29 is 25.6 Å². The van der Waals surface area contributed by atoms with Crippen LogP contribution in [-0.2, 0) is 26.7 Å². The van der Waals surface area contributed by atoms with Crippen LogP contribution in [0.3, 0.4) is 0 Å². The Kier molecular flexibility index (Phi) is 8.56. The third-order valence-corrected chi connectivity index (χ3v) is 11.1. The number of pyridine rings is 2. The van der Waals surface area contributed by atoms with E-state index in [0.29, 0.717) is 0 Å². The van der Waals surface area contributed by atoms with Gasteiger partial charge in [-0.15, -0.1) is 53.6 Å². The fourth-order valence-corrected chi connectivity index (χ4v) is 8.46. The van der Waals surface area contributed by atoms with Gasteiger partial charge in [0.25, 0.3) is 0 Å². The fourth-order valence-electron chi connectivity index (χ4n) is 5.67. The summed E-state index contributed by atoms with van der Waals surface area (Å²) in [6.07, 6.45) is 1.89. The van der Waals surface area contributed by atoms with Crippen LogP contribution >= 0.6 is 11.3 Å². The molecule has 4 aromatic heterocycles. The van der Waals surface area contributed by atoms with E-state index in [-0.39, 0.29) is 25.7 Å². The first-order chi connectivity index (χ1) is 23.1. The molecule has 1 radical (unpaired) electrons. The predicted octanol–water partition coefficient (Wildman–Crippen LogP) is 10.1. The molecule has 3 aromatic carbocycles. The Labute approximate surface area is 297 Å². The van der Waals surface area contributed by atoms with Crippen molar-refractivity contribution in [2.45, 2.75) is 66.6 Å². The van der Waals surface area contributed by atoms with E-state index in [0.717, 1.165) is 50.8 Å². The molecule has 0 aliphatic rings. The first-order valence-electron chi connectivity index (χ1n) is 17.3. The van der Waals surface area contributed by atoms with Gasteiger partial charge in [-0.3, -0.25) is 4.98 Å². The van der Waals surface area contributed by atoms with Crippen molar-refractivity contribution in [3.05, 3.63) is 108 Å². The Hall–Kier alpha value is -3.48. The van der Waals surface area contributed by atoms with E-state index in [1.165, 1.54) is 32.2 Å². The van der Waals surface area contributed by atoms with E-state index >= 15 is 0 Å². The Morgan fingerprint density at radius 3 is 2.50 bits per heavy atom. The van der Waals surface area contributed by atoms with Crippen LogP contribution in [-0.4, -0.2) is 27.6 Å². The van der Waals surface area contributed by atoms with Gasteiger partial charge in [0, 0.05) is 44.0 Å². The van der Waals surface area contributed by atoms with Crippen molar-refractivity contribution >= 4 is 55.9 Å². The van der Waals surface area contributed by atoms with Gasteiger partial charge in [0.1, 0.15) is 4.83 Å². The summed E-state index contributed by atoms with van der Waals surface area (Å²) in [5.74, 6) is 0.268. The van der Waals surface area contributed by atoms with E-state index in [2.05, 4.69) is 84.6 Å². The first-order valence-corrected chi connectivity index (χ1v) is 19.6. The number of rotatable bonds is 5. The van der Waals surface area contributed by atoms with Crippen LogP contribution in [0.1, 0.15) is 49.0 Å². The van der Waals surface area contributed by atoms with Gasteiger partial charge in [-0.2, -0.15) is 11.3 Å². The molecule has 7 aromatic rings. The van der Waals surface area contributed by atoms with Gasteiger partial charge in [-0.25, -0.2) is 4.98 Å². The average molecular weight is 821 g/mol. The van der Waals surface area contributed by atoms with Crippen molar-refractivity contribution in [3.8, 4) is 22.6 Å². The Bertz CT molecular complexity index is 2300. The smallest absolute Gasteiger partial charge is 0.113 e. The van der Waals surface area contributed by atoms with Crippen LogP contribution in [0.5, 0.6) is 0 Å². The molecule has 4 heterocycles. The second-order valence-corrected chi connectivity index (χ2v) is 18.6. The van der Waals surface area contributed by atoms with E-state index in [9.17, 15) is 0 Å². The standard InChI is InChI=1S/C21H16N3S.C18H24NSi.Ir/c1-3-24-18-10-5-4-9-17(18)23-20(24)16-8-6-7-14-15-12-11-13(2)22-21(15)25-19(14)16;1-13(2)16-11-17(15-9-7-14(3)8-10-15)19-12-18(16)20(4,5)6;/h4-7,9-12H,3H2,1-2H3;7-9,11-13H,1-6H3;/q2*-1;/i;3D3,13D;. The molecular formula is C39H40IrN4SSi-2. The number of aromatic nitrogens is 4. The SMILES string of the molecule is CCn1c(-c2[c-]ccc3c2sc2nc(C)ccc23)nc2ccccc21.[2H]C([2H])([2H])c1c[c-]c(-c2cc(C([2H])(C)C)c([Si](C)(C)C)cn2)cc1.[Ir]. The molecule has 0 atom stereocenters. The topological polar surface area (TPSA) is 43.6 Å². The molecular weight excluding hydrogens is 777 g/mol. The van der Waals surface area contributed by atoms with Crippen LogP contribution in [0, 0.1) is 25.9 Å². The number of imidazole rings is 1. The molecule has 4 nitrogen and oxygen atoms in total. The van der Waals surface area contributed by atoms with E-state index < -0.39 is 20.8 Å². The summed E-state index contributed by atoms with van der Waals surface area (Å²) in [4.78, 5) is 15.3. The number of para-hydroxylation sites is 2. The number of nitrogens with zero attached hydrogens (tertiary/aromatic N) is 4. The van der Waals surface area contributed by atoms with Crippen LogP contribution in [0.25, 0.3) is 54.0 Å². The van der Waals surface area contributed by atoms with Gasteiger partial charge in [-0.05, 0) is 58.9 Å². The van der Waals surface area contributed by atoms with Crippen molar-refractivity contribution in [1.29, 1.82) is 0 Å². The molecule has 0 aliphatic carbocycles. The van der Waals surface area contributed by atoms with Gasteiger partial charge >= 0.3 is 0 Å². The van der Waals surface area contributed by atoms with E-state index in [1.807, 2.05) is 45.2 Å². The predicted molar refractivity (Wildman–Crippen MR) is 195 cm³/mol. The van der Waals surface area contributed by atoms with Gasteiger partial charge in [0.05, 0.1) is 24.9 Å². The maximum Gasteiger partial charge on any atom is 0.113 e. The normalized spacial score (nSPS) is 13.4. The zero-order valence-electron chi connectivity index (χ0n) is 31.2. The van der Waals surface area contributed by atoms with Crippen molar-refractivity contribution in [3.63, 3.8) is 0 Å².